The molecule has 1 aliphatic rings. The molecule has 24 heavy (non-hydrogen) atoms. The summed E-state index contributed by atoms with van der Waals surface area (Å²) in [4.78, 5) is 16.5. The second-order valence-corrected chi connectivity index (χ2v) is 6.15. The standard InChI is InChI=1S/C20H13NO2S/c22-20-17-7-4-12-21-19(17)24-13-18(23-20)16-10-8-15(9-11-16)14-5-2-1-3-6-14/h1-13H. The SMILES string of the molecule is O=C1OC(c2ccc(-c3ccccc3)cc2)=CSc2ncccc21. The molecule has 4 rings (SSSR count). The van der Waals surface area contributed by atoms with E-state index < -0.39 is 0 Å². The van der Waals surface area contributed by atoms with Crippen molar-refractivity contribution < 1.29 is 9.53 Å². The zero-order valence-electron chi connectivity index (χ0n) is 12.7. The van der Waals surface area contributed by atoms with Crippen molar-refractivity contribution >= 4 is 23.5 Å². The van der Waals surface area contributed by atoms with Gasteiger partial charge in [-0.2, -0.15) is 0 Å². The first-order chi connectivity index (χ1) is 11.8. The lowest BCUT2D eigenvalue weighted by molar-refractivity contribution is 0.0689. The lowest BCUT2D eigenvalue weighted by atomic mass is 10.0. The predicted molar refractivity (Wildman–Crippen MR) is 95.4 cm³/mol. The maximum atomic E-state index is 12.3. The molecule has 116 valence electrons. The number of esters is 1. The average molecular weight is 331 g/mol. The van der Waals surface area contributed by atoms with Crippen molar-refractivity contribution in [3.8, 4) is 11.1 Å². The van der Waals surface area contributed by atoms with Crippen molar-refractivity contribution in [2.75, 3.05) is 0 Å². The van der Waals surface area contributed by atoms with E-state index in [1.54, 1.807) is 18.3 Å². The van der Waals surface area contributed by atoms with E-state index in [0.29, 0.717) is 16.3 Å². The van der Waals surface area contributed by atoms with Gasteiger partial charge >= 0.3 is 5.97 Å². The van der Waals surface area contributed by atoms with Gasteiger partial charge in [-0.3, -0.25) is 0 Å². The van der Waals surface area contributed by atoms with Crippen LogP contribution in [0.1, 0.15) is 15.9 Å². The Labute approximate surface area is 144 Å². The van der Waals surface area contributed by atoms with Crippen LogP contribution in [-0.4, -0.2) is 11.0 Å². The molecule has 3 nitrogen and oxygen atoms in total. The minimum Gasteiger partial charge on any atom is -0.422 e. The fourth-order valence-corrected chi connectivity index (χ4v) is 3.32. The Kier molecular flexibility index (Phi) is 3.89. The second-order valence-electron chi connectivity index (χ2n) is 5.29. The van der Waals surface area contributed by atoms with Gasteiger partial charge in [-0.1, -0.05) is 66.4 Å². The molecule has 1 aromatic heterocycles. The van der Waals surface area contributed by atoms with Crippen LogP contribution in [-0.2, 0) is 4.74 Å². The predicted octanol–water partition coefficient (Wildman–Crippen LogP) is 5.01. The van der Waals surface area contributed by atoms with E-state index >= 15 is 0 Å². The highest BCUT2D eigenvalue weighted by atomic mass is 32.2. The van der Waals surface area contributed by atoms with E-state index in [0.717, 1.165) is 16.7 Å². The lowest BCUT2D eigenvalue weighted by Gasteiger charge is -2.08. The van der Waals surface area contributed by atoms with Gasteiger partial charge in [-0.05, 0) is 23.3 Å². The van der Waals surface area contributed by atoms with Crippen LogP contribution >= 0.6 is 11.8 Å². The minimum atomic E-state index is -0.374. The summed E-state index contributed by atoms with van der Waals surface area (Å²) in [5.74, 6) is 0.170. The number of hydrogen-bond acceptors (Lipinski definition) is 4. The molecule has 0 atom stereocenters. The Morgan fingerprint density at radius 3 is 2.29 bits per heavy atom. The number of pyridine rings is 1. The van der Waals surface area contributed by atoms with Gasteiger partial charge in [0.25, 0.3) is 0 Å². The molecule has 2 heterocycles. The summed E-state index contributed by atoms with van der Waals surface area (Å²) >= 11 is 1.40. The van der Waals surface area contributed by atoms with Crippen LogP contribution in [0.3, 0.4) is 0 Å². The highest BCUT2D eigenvalue weighted by Gasteiger charge is 2.20. The van der Waals surface area contributed by atoms with Crippen molar-refractivity contribution in [2.45, 2.75) is 5.03 Å². The normalized spacial score (nSPS) is 13.5. The number of hydrogen-bond donors (Lipinski definition) is 0. The number of nitrogens with zero attached hydrogens (tertiary/aromatic N) is 1. The van der Waals surface area contributed by atoms with E-state index in [4.69, 9.17) is 4.74 Å². The second kappa shape index (κ2) is 6.34. The zero-order chi connectivity index (χ0) is 16.4. The number of benzene rings is 2. The third-order valence-electron chi connectivity index (χ3n) is 3.75. The Hall–Kier alpha value is -2.85. The van der Waals surface area contributed by atoms with E-state index in [-0.39, 0.29) is 5.97 Å². The number of cyclic esters (lactones) is 1. The summed E-state index contributed by atoms with van der Waals surface area (Å²) in [6.45, 7) is 0. The van der Waals surface area contributed by atoms with Crippen LogP contribution in [0, 0.1) is 0 Å². The first kappa shape index (κ1) is 14.7. The van der Waals surface area contributed by atoms with Crippen LogP contribution in [0.15, 0.2) is 83.4 Å². The van der Waals surface area contributed by atoms with Gasteiger partial charge in [0.2, 0.25) is 0 Å². The average Bonchev–Trinajstić information content (AvgIpc) is 2.82. The number of fused-ring (bicyclic) bond motifs is 1. The van der Waals surface area contributed by atoms with Gasteiger partial charge in [-0.15, -0.1) is 0 Å². The van der Waals surface area contributed by atoms with Gasteiger partial charge in [-0.25, -0.2) is 9.78 Å². The summed E-state index contributed by atoms with van der Waals surface area (Å²) in [5, 5.41) is 2.49. The first-order valence-electron chi connectivity index (χ1n) is 7.51. The van der Waals surface area contributed by atoms with E-state index in [2.05, 4.69) is 17.1 Å². The lowest BCUT2D eigenvalue weighted by Crippen LogP contribution is -2.04. The number of rotatable bonds is 2. The van der Waals surface area contributed by atoms with Gasteiger partial charge in [0.05, 0.1) is 5.56 Å². The molecule has 0 saturated carbocycles. The molecule has 0 amide bonds. The fourth-order valence-electron chi connectivity index (χ4n) is 2.51. The van der Waals surface area contributed by atoms with Crippen molar-refractivity contribution in [1.29, 1.82) is 0 Å². The molecule has 0 fully saturated rings. The number of carbonyl (C=O) groups excluding carboxylic acids is 1. The van der Waals surface area contributed by atoms with E-state index in [1.807, 2.05) is 47.9 Å². The number of carbonyl (C=O) groups is 1. The van der Waals surface area contributed by atoms with Crippen LogP contribution in [0.5, 0.6) is 0 Å². The van der Waals surface area contributed by atoms with Gasteiger partial charge in [0.1, 0.15) is 10.8 Å². The fraction of sp³-hybridized carbons (Fsp3) is 0. The first-order valence-corrected chi connectivity index (χ1v) is 8.39. The summed E-state index contributed by atoms with van der Waals surface area (Å²) < 4.78 is 5.53. The van der Waals surface area contributed by atoms with Crippen LogP contribution in [0.2, 0.25) is 0 Å². The molecule has 0 unspecified atom stereocenters. The van der Waals surface area contributed by atoms with Crippen LogP contribution in [0.4, 0.5) is 0 Å². The van der Waals surface area contributed by atoms with Crippen molar-refractivity contribution in [3.63, 3.8) is 0 Å². The summed E-state index contributed by atoms with van der Waals surface area (Å²) in [7, 11) is 0. The van der Waals surface area contributed by atoms with Crippen molar-refractivity contribution in [1.82, 2.24) is 4.98 Å². The highest BCUT2D eigenvalue weighted by molar-refractivity contribution is 8.02. The Balaban J connectivity index is 1.63. The molecule has 4 heteroatoms. The molecule has 3 aromatic rings. The van der Waals surface area contributed by atoms with Crippen molar-refractivity contribution in [3.05, 3.63) is 89.5 Å². The summed E-state index contributed by atoms with van der Waals surface area (Å²) in [6.07, 6.45) is 1.67. The molecular weight excluding hydrogens is 318 g/mol. The van der Waals surface area contributed by atoms with Crippen LogP contribution < -0.4 is 0 Å². The Morgan fingerprint density at radius 1 is 0.792 bits per heavy atom. The van der Waals surface area contributed by atoms with Crippen molar-refractivity contribution in [2.24, 2.45) is 0 Å². The smallest absolute Gasteiger partial charge is 0.346 e. The third kappa shape index (κ3) is 2.84. The monoisotopic (exact) mass is 331 g/mol. The maximum absolute atomic E-state index is 12.3. The number of aromatic nitrogens is 1. The largest absolute Gasteiger partial charge is 0.422 e. The molecule has 0 saturated heterocycles. The Bertz CT molecular complexity index is 918. The zero-order valence-corrected chi connectivity index (χ0v) is 13.5. The molecule has 0 N–H and O–H groups in total. The molecule has 1 aliphatic heterocycles. The molecule has 0 spiro atoms. The third-order valence-corrected chi connectivity index (χ3v) is 4.63. The topological polar surface area (TPSA) is 39.2 Å². The molecule has 0 bridgehead atoms. The number of ether oxygens (including phenoxy) is 1. The van der Waals surface area contributed by atoms with Gasteiger partial charge in [0.15, 0.2) is 0 Å². The molecule has 0 radical (unpaired) electrons. The molecule has 2 aromatic carbocycles. The summed E-state index contributed by atoms with van der Waals surface area (Å²) in [5.41, 5.74) is 3.64. The van der Waals surface area contributed by atoms with Crippen LogP contribution in [0.25, 0.3) is 16.9 Å². The quantitative estimate of drug-likeness (QED) is 0.619. The van der Waals surface area contributed by atoms with Gasteiger partial charge in [0, 0.05) is 17.2 Å². The molecule has 0 aliphatic carbocycles. The minimum absolute atomic E-state index is 0.374. The Morgan fingerprint density at radius 2 is 1.50 bits per heavy atom. The summed E-state index contributed by atoms with van der Waals surface area (Å²) in [6, 6.07) is 21.6. The number of thioether (sulfide) groups is 1. The highest BCUT2D eigenvalue weighted by Crippen LogP contribution is 2.32. The maximum Gasteiger partial charge on any atom is 0.346 e. The van der Waals surface area contributed by atoms with E-state index in [9.17, 15) is 4.79 Å². The molecular formula is C20H13NO2S. The van der Waals surface area contributed by atoms with Gasteiger partial charge < -0.3 is 4.74 Å². The van der Waals surface area contributed by atoms with E-state index in [1.165, 1.54) is 11.8 Å².